The fourth-order valence-electron chi connectivity index (χ4n) is 1.99. The highest BCUT2D eigenvalue weighted by molar-refractivity contribution is 5.78. The number of ether oxygens (including phenoxy) is 1. The van der Waals surface area contributed by atoms with Gasteiger partial charge in [-0.2, -0.15) is 4.98 Å². The number of amides is 1. The van der Waals surface area contributed by atoms with Crippen molar-refractivity contribution in [2.24, 2.45) is 5.73 Å². The maximum absolute atomic E-state index is 11.9. The number of carbonyl (C=O) groups excluding carboxylic acids is 1. The van der Waals surface area contributed by atoms with Gasteiger partial charge in [-0.15, -0.1) is 0 Å². The van der Waals surface area contributed by atoms with E-state index in [1.807, 2.05) is 0 Å². The minimum Gasteiger partial charge on any atom is -0.394 e. The van der Waals surface area contributed by atoms with Gasteiger partial charge in [0.05, 0.1) is 13.2 Å². The van der Waals surface area contributed by atoms with Gasteiger partial charge in [-0.3, -0.25) is 9.36 Å². The zero-order chi connectivity index (χ0) is 15.6. The van der Waals surface area contributed by atoms with Crippen molar-refractivity contribution in [3.8, 4) is 0 Å². The van der Waals surface area contributed by atoms with Crippen LogP contribution in [0, 0.1) is 0 Å². The molecule has 0 bridgehead atoms. The molecule has 1 fully saturated rings. The Balaban J connectivity index is 2.18. The quantitative estimate of drug-likeness (QED) is 0.379. The number of aromatic nitrogens is 2. The molecule has 0 unspecified atom stereocenters. The molecule has 116 valence electrons. The van der Waals surface area contributed by atoms with Crippen molar-refractivity contribution in [3.05, 3.63) is 22.7 Å². The Hall–Kier alpha value is -2.01. The average molecular weight is 300 g/mol. The maximum Gasteiger partial charge on any atom is 0.351 e. The van der Waals surface area contributed by atoms with E-state index in [9.17, 15) is 19.8 Å². The van der Waals surface area contributed by atoms with Crippen LogP contribution < -0.4 is 16.7 Å². The molecule has 21 heavy (non-hydrogen) atoms. The Morgan fingerprint density at radius 1 is 1.48 bits per heavy atom. The van der Waals surface area contributed by atoms with E-state index in [1.54, 1.807) is 0 Å². The smallest absolute Gasteiger partial charge is 0.351 e. The third-order valence-electron chi connectivity index (χ3n) is 3.07. The summed E-state index contributed by atoms with van der Waals surface area (Å²) in [5.41, 5.74) is 4.20. The predicted octanol–water partition coefficient (Wildman–Crippen LogP) is -3.25. The van der Waals surface area contributed by atoms with Crippen LogP contribution in [0.5, 0.6) is 0 Å². The SMILES string of the molecule is NC(=O)CNc1ccn([C@@H]2O[C@H](CO)[C@@H](O)[C@H]2O)c(=O)n1. The molecule has 0 saturated carbocycles. The standard InChI is InChI=1S/C11H16N4O6/c12-6(17)3-13-7-1-2-15(11(20)14-7)10-9(19)8(18)5(4-16)21-10/h1-2,5,8-10,16,18-19H,3-4H2,(H2,12,17)(H,13,14,20)/t5-,8-,9-,10-/m1/s1. The van der Waals surface area contributed by atoms with Gasteiger partial charge >= 0.3 is 5.69 Å². The minimum atomic E-state index is -1.37. The van der Waals surface area contributed by atoms with E-state index in [4.69, 9.17) is 15.6 Å². The van der Waals surface area contributed by atoms with Gasteiger partial charge in [0.1, 0.15) is 24.1 Å². The van der Waals surface area contributed by atoms with E-state index >= 15 is 0 Å². The summed E-state index contributed by atoms with van der Waals surface area (Å²) in [5.74, 6) is -0.466. The van der Waals surface area contributed by atoms with Crippen LogP contribution in [-0.2, 0) is 9.53 Å². The highest BCUT2D eigenvalue weighted by Crippen LogP contribution is 2.27. The molecule has 10 heteroatoms. The second kappa shape index (κ2) is 6.18. The zero-order valence-corrected chi connectivity index (χ0v) is 10.9. The zero-order valence-electron chi connectivity index (χ0n) is 10.9. The summed E-state index contributed by atoms with van der Waals surface area (Å²) < 4.78 is 6.20. The predicted molar refractivity (Wildman–Crippen MR) is 69.2 cm³/mol. The summed E-state index contributed by atoms with van der Waals surface area (Å²) in [6, 6.07) is 1.39. The second-order valence-electron chi connectivity index (χ2n) is 4.55. The van der Waals surface area contributed by atoms with Gasteiger partial charge in [0.25, 0.3) is 0 Å². The van der Waals surface area contributed by atoms with E-state index in [2.05, 4.69) is 10.3 Å². The molecule has 1 saturated heterocycles. The first-order valence-electron chi connectivity index (χ1n) is 6.18. The number of carbonyl (C=O) groups is 1. The van der Waals surface area contributed by atoms with Crippen LogP contribution in [0.2, 0.25) is 0 Å². The molecule has 1 amide bonds. The van der Waals surface area contributed by atoms with Crippen LogP contribution in [0.15, 0.2) is 17.1 Å². The average Bonchev–Trinajstić information content (AvgIpc) is 2.73. The van der Waals surface area contributed by atoms with E-state index in [0.717, 1.165) is 4.57 Å². The van der Waals surface area contributed by atoms with Gasteiger partial charge < -0.3 is 31.1 Å². The molecule has 10 nitrogen and oxygen atoms in total. The van der Waals surface area contributed by atoms with Crippen LogP contribution in [0.25, 0.3) is 0 Å². The molecule has 6 N–H and O–H groups in total. The Bertz CT molecular complexity index is 576. The fourth-order valence-corrected chi connectivity index (χ4v) is 1.99. The number of rotatable bonds is 5. The third-order valence-corrected chi connectivity index (χ3v) is 3.07. The molecule has 1 aromatic rings. The lowest BCUT2D eigenvalue weighted by atomic mass is 10.1. The van der Waals surface area contributed by atoms with Crippen LogP contribution >= 0.6 is 0 Å². The number of nitrogens with zero attached hydrogens (tertiary/aromatic N) is 2. The molecule has 1 aliphatic heterocycles. The Labute approximate surface area is 118 Å². The van der Waals surface area contributed by atoms with Crippen molar-refractivity contribution in [1.29, 1.82) is 0 Å². The van der Waals surface area contributed by atoms with Gasteiger partial charge in [0.2, 0.25) is 5.91 Å². The van der Waals surface area contributed by atoms with E-state index in [0.29, 0.717) is 0 Å². The summed E-state index contributed by atoms with van der Waals surface area (Å²) in [7, 11) is 0. The molecular formula is C11H16N4O6. The second-order valence-corrected chi connectivity index (χ2v) is 4.55. The number of primary amides is 1. The summed E-state index contributed by atoms with van der Waals surface area (Å²) in [6.45, 7) is -0.667. The van der Waals surface area contributed by atoms with Crippen LogP contribution in [0.3, 0.4) is 0 Å². The lowest BCUT2D eigenvalue weighted by Gasteiger charge is -2.17. The van der Waals surface area contributed by atoms with Crippen LogP contribution in [0.1, 0.15) is 6.23 Å². The largest absolute Gasteiger partial charge is 0.394 e. The van der Waals surface area contributed by atoms with Crippen LogP contribution in [0.4, 0.5) is 5.82 Å². The minimum absolute atomic E-state index is 0.141. The van der Waals surface area contributed by atoms with Crippen LogP contribution in [-0.4, -0.2) is 62.2 Å². The van der Waals surface area contributed by atoms with Gasteiger partial charge in [0.15, 0.2) is 6.23 Å². The topological polar surface area (TPSA) is 160 Å². The number of anilines is 1. The molecule has 0 aliphatic carbocycles. The Morgan fingerprint density at radius 2 is 2.19 bits per heavy atom. The van der Waals surface area contributed by atoms with Gasteiger partial charge in [-0.1, -0.05) is 0 Å². The molecule has 1 aliphatic rings. The number of nitrogens with one attached hydrogen (secondary N) is 1. The Morgan fingerprint density at radius 3 is 2.71 bits per heavy atom. The van der Waals surface area contributed by atoms with Crippen molar-refractivity contribution < 1.29 is 24.9 Å². The van der Waals surface area contributed by atoms with Crippen molar-refractivity contribution in [3.63, 3.8) is 0 Å². The lowest BCUT2D eigenvalue weighted by Crippen LogP contribution is -2.36. The molecule has 0 radical (unpaired) electrons. The first kappa shape index (κ1) is 15.4. The monoisotopic (exact) mass is 300 g/mol. The molecule has 0 spiro atoms. The molecule has 1 aromatic heterocycles. The number of nitrogens with two attached hydrogens (primary N) is 1. The summed E-state index contributed by atoms with van der Waals surface area (Å²) in [5, 5.41) is 31.0. The normalized spacial score (nSPS) is 28.5. The number of aliphatic hydroxyl groups excluding tert-OH is 3. The third kappa shape index (κ3) is 3.19. The van der Waals surface area contributed by atoms with E-state index in [1.165, 1.54) is 12.3 Å². The molecule has 2 heterocycles. The van der Waals surface area contributed by atoms with Crippen molar-refractivity contribution >= 4 is 11.7 Å². The number of hydrogen-bond donors (Lipinski definition) is 5. The highest BCUT2D eigenvalue weighted by atomic mass is 16.6. The fraction of sp³-hybridized carbons (Fsp3) is 0.545. The first-order valence-corrected chi connectivity index (χ1v) is 6.18. The first-order chi connectivity index (χ1) is 9.93. The molecular weight excluding hydrogens is 284 g/mol. The van der Waals surface area contributed by atoms with Crippen molar-refractivity contribution in [2.75, 3.05) is 18.5 Å². The van der Waals surface area contributed by atoms with Crippen molar-refractivity contribution in [1.82, 2.24) is 9.55 Å². The molecule has 2 rings (SSSR count). The van der Waals surface area contributed by atoms with Crippen molar-refractivity contribution in [2.45, 2.75) is 24.5 Å². The number of aliphatic hydroxyl groups is 3. The highest BCUT2D eigenvalue weighted by Gasteiger charge is 2.43. The molecule has 0 aromatic carbocycles. The van der Waals surface area contributed by atoms with Gasteiger partial charge in [-0.25, -0.2) is 4.79 Å². The lowest BCUT2D eigenvalue weighted by molar-refractivity contribution is -0.116. The summed E-state index contributed by atoms with van der Waals surface area (Å²) in [6.07, 6.45) is -3.52. The van der Waals surface area contributed by atoms with Gasteiger partial charge in [0, 0.05) is 6.20 Å². The summed E-state index contributed by atoms with van der Waals surface area (Å²) >= 11 is 0. The maximum atomic E-state index is 11.9. The summed E-state index contributed by atoms with van der Waals surface area (Å²) in [4.78, 5) is 26.2. The van der Waals surface area contributed by atoms with Gasteiger partial charge in [-0.05, 0) is 6.07 Å². The molecule has 4 atom stereocenters. The van der Waals surface area contributed by atoms with E-state index < -0.39 is 42.7 Å². The number of hydrogen-bond acceptors (Lipinski definition) is 8. The van der Waals surface area contributed by atoms with E-state index in [-0.39, 0.29) is 12.4 Å². The Kier molecular flexibility index (Phi) is 4.53.